The second-order valence-corrected chi connectivity index (χ2v) is 1.88. The molecule has 10 heavy (non-hydrogen) atoms. The number of rotatable bonds is 2. The topological polar surface area (TPSA) is 43.4 Å². The highest BCUT2D eigenvalue weighted by molar-refractivity contribution is 5.46. The molecule has 0 unspecified atom stereocenters. The Bertz CT molecular complexity index is 185. The fourth-order valence-electron chi connectivity index (χ4n) is 0.696. The van der Waals surface area contributed by atoms with Gasteiger partial charge in [0.2, 0.25) is 0 Å². The molecule has 0 aliphatic heterocycles. The molecule has 0 saturated carbocycles. The van der Waals surface area contributed by atoms with E-state index in [1.165, 1.54) is 5.12 Å². The minimum absolute atomic E-state index is 0.894. The third-order valence-corrected chi connectivity index (χ3v) is 1.24. The van der Waals surface area contributed by atoms with Crippen LogP contribution in [-0.2, 0) is 0 Å². The summed E-state index contributed by atoms with van der Waals surface area (Å²) in [7, 11) is 1.65. The van der Waals surface area contributed by atoms with Gasteiger partial charge < -0.3 is 10.5 Å². The second kappa shape index (κ2) is 3.20. The monoisotopic (exact) mass is 136 g/mol. The van der Waals surface area contributed by atoms with Gasteiger partial charge in [0, 0.05) is 5.69 Å². The number of anilines is 1. The Labute approximate surface area is 60.4 Å². The zero-order valence-corrected chi connectivity index (χ0v) is 5.86. The number of hydrogen-bond acceptors (Lipinski definition) is 2. The van der Waals surface area contributed by atoms with Gasteiger partial charge in [-0.2, -0.15) is 0 Å². The first kappa shape index (κ1) is 7.05. The Morgan fingerprint density at radius 1 is 1.30 bits per heavy atom. The van der Waals surface area contributed by atoms with E-state index >= 15 is 0 Å². The first-order valence-electron chi connectivity index (χ1n) is 3.04. The van der Waals surface area contributed by atoms with Gasteiger partial charge in [-0.25, -0.2) is 0 Å². The maximum absolute atomic E-state index is 5.46. The summed E-state index contributed by atoms with van der Waals surface area (Å²) in [5.41, 5.74) is 4.66. The summed E-state index contributed by atoms with van der Waals surface area (Å²) in [6.07, 6.45) is 0. The zero-order valence-electron chi connectivity index (χ0n) is 5.86. The number of hydrazine groups is 1. The van der Waals surface area contributed by atoms with Gasteiger partial charge in [-0.3, -0.25) is 5.84 Å². The minimum atomic E-state index is 0.894. The summed E-state index contributed by atoms with van der Waals surface area (Å²) in [4.78, 5) is 0. The van der Waals surface area contributed by atoms with E-state index < -0.39 is 0 Å². The number of hydrogen-bond donors (Lipinski definition) is 1. The highest BCUT2D eigenvalue weighted by atomic mass is 15.7. The average Bonchev–Trinajstić information content (AvgIpc) is 2.05. The Balaban J connectivity index is 2.75. The van der Waals surface area contributed by atoms with E-state index in [2.05, 4.69) is 5.43 Å². The molecule has 2 N–H and O–H groups in total. The molecule has 0 bridgehead atoms. The Hall–Kier alpha value is -1.06. The van der Waals surface area contributed by atoms with E-state index in [4.69, 9.17) is 5.84 Å². The van der Waals surface area contributed by atoms with Crippen LogP contribution < -0.4 is 11.0 Å². The molecule has 3 nitrogen and oxygen atoms in total. The molecular formula is C7H10N3-. The molecule has 1 rings (SSSR count). The van der Waals surface area contributed by atoms with E-state index in [1.54, 1.807) is 7.05 Å². The fourth-order valence-corrected chi connectivity index (χ4v) is 0.696. The van der Waals surface area contributed by atoms with Crippen molar-refractivity contribution in [1.82, 2.24) is 0 Å². The summed E-state index contributed by atoms with van der Waals surface area (Å²) in [5.74, 6) is 5.46. The van der Waals surface area contributed by atoms with Crippen LogP contribution in [0, 0.1) is 0 Å². The van der Waals surface area contributed by atoms with E-state index in [1.807, 2.05) is 30.3 Å². The number of para-hydroxylation sites is 1. The van der Waals surface area contributed by atoms with Gasteiger partial charge in [-0.15, -0.1) is 7.05 Å². The maximum atomic E-state index is 5.46. The molecule has 0 fully saturated rings. The van der Waals surface area contributed by atoms with Crippen LogP contribution in [0.1, 0.15) is 0 Å². The molecule has 0 aliphatic carbocycles. The molecule has 54 valence electrons. The van der Waals surface area contributed by atoms with E-state index in [0.717, 1.165) is 5.69 Å². The SMILES string of the molecule is C[N-]N(N)c1ccccc1. The van der Waals surface area contributed by atoms with E-state index in [0.29, 0.717) is 0 Å². The number of nitrogens with two attached hydrogens (primary N) is 1. The average molecular weight is 136 g/mol. The van der Waals surface area contributed by atoms with Crippen LogP contribution in [0.2, 0.25) is 0 Å². The van der Waals surface area contributed by atoms with Gasteiger partial charge in [-0.1, -0.05) is 18.2 Å². The largest absolute Gasteiger partial charge is 0.554 e. The molecule has 0 atom stereocenters. The molecule has 1 aromatic carbocycles. The van der Waals surface area contributed by atoms with Gasteiger partial charge in [0.15, 0.2) is 0 Å². The van der Waals surface area contributed by atoms with Crippen molar-refractivity contribution in [3.63, 3.8) is 0 Å². The molecule has 0 spiro atoms. The van der Waals surface area contributed by atoms with Crippen molar-refractivity contribution < 1.29 is 0 Å². The van der Waals surface area contributed by atoms with E-state index in [9.17, 15) is 0 Å². The van der Waals surface area contributed by atoms with E-state index in [-0.39, 0.29) is 0 Å². The highest BCUT2D eigenvalue weighted by Gasteiger charge is 1.85. The van der Waals surface area contributed by atoms with Crippen LogP contribution in [0.25, 0.3) is 5.43 Å². The van der Waals surface area contributed by atoms with Gasteiger partial charge in [0.1, 0.15) is 0 Å². The van der Waals surface area contributed by atoms with Crippen LogP contribution in [0.15, 0.2) is 30.3 Å². The van der Waals surface area contributed by atoms with Gasteiger partial charge in [0.25, 0.3) is 0 Å². The van der Waals surface area contributed by atoms with Crippen LogP contribution >= 0.6 is 0 Å². The van der Waals surface area contributed by atoms with Crippen LogP contribution in [0.4, 0.5) is 5.69 Å². The molecular weight excluding hydrogens is 126 g/mol. The third kappa shape index (κ3) is 1.46. The zero-order chi connectivity index (χ0) is 7.40. The predicted molar refractivity (Wildman–Crippen MR) is 42.4 cm³/mol. The van der Waals surface area contributed by atoms with Gasteiger partial charge in [-0.05, 0) is 12.1 Å². The fraction of sp³-hybridized carbons (Fsp3) is 0.143. The maximum Gasteiger partial charge on any atom is 0.0336 e. The molecule has 0 heterocycles. The minimum Gasteiger partial charge on any atom is -0.554 e. The summed E-state index contributed by atoms with van der Waals surface area (Å²) in [6, 6.07) is 9.56. The normalized spacial score (nSPS) is 9.40. The first-order chi connectivity index (χ1) is 4.84. The molecule has 1 aromatic rings. The van der Waals surface area contributed by atoms with Crippen molar-refractivity contribution in [2.24, 2.45) is 5.84 Å². The van der Waals surface area contributed by atoms with Crippen LogP contribution in [0.3, 0.4) is 0 Å². The van der Waals surface area contributed by atoms with Crippen molar-refractivity contribution in [2.75, 3.05) is 12.2 Å². The smallest absolute Gasteiger partial charge is 0.0336 e. The van der Waals surface area contributed by atoms with Crippen molar-refractivity contribution in [3.8, 4) is 0 Å². The Kier molecular flexibility index (Phi) is 2.25. The second-order valence-electron chi connectivity index (χ2n) is 1.88. The van der Waals surface area contributed by atoms with Gasteiger partial charge >= 0.3 is 0 Å². The van der Waals surface area contributed by atoms with Crippen molar-refractivity contribution >= 4 is 5.69 Å². The lowest BCUT2D eigenvalue weighted by Gasteiger charge is -2.30. The summed E-state index contributed by atoms with van der Waals surface area (Å²) in [6.45, 7) is 0. The lowest BCUT2D eigenvalue weighted by Crippen LogP contribution is -2.24. The van der Waals surface area contributed by atoms with Crippen molar-refractivity contribution in [3.05, 3.63) is 35.8 Å². The first-order valence-corrected chi connectivity index (χ1v) is 3.04. The molecule has 0 aromatic heterocycles. The molecule has 0 aliphatic rings. The van der Waals surface area contributed by atoms with Crippen molar-refractivity contribution in [2.45, 2.75) is 0 Å². The number of benzene rings is 1. The molecule has 0 radical (unpaired) electrons. The summed E-state index contributed by atoms with van der Waals surface area (Å²) >= 11 is 0. The predicted octanol–water partition coefficient (Wildman–Crippen LogP) is 1.29. The van der Waals surface area contributed by atoms with Crippen LogP contribution in [-0.4, -0.2) is 7.05 Å². The standard InChI is InChI=1S/C7H10N3/c1-9-10(8)7-5-3-2-4-6-7/h2-6H,8H2,1H3/q-1. The Morgan fingerprint density at radius 3 is 2.40 bits per heavy atom. The summed E-state index contributed by atoms with van der Waals surface area (Å²) < 4.78 is 0. The molecule has 0 saturated heterocycles. The highest BCUT2D eigenvalue weighted by Crippen LogP contribution is 2.10. The molecule has 3 heteroatoms. The van der Waals surface area contributed by atoms with Crippen LogP contribution in [0.5, 0.6) is 0 Å². The lowest BCUT2D eigenvalue weighted by molar-refractivity contribution is 1.02. The summed E-state index contributed by atoms with van der Waals surface area (Å²) in [5, 5.41) is 1.33. The van der Waals surface area contributed by atoms with Gasteiger partial charge in [0.05, 0.1) is 0 Å². The van der Waals surface area contributed by atoms with Crippen molar-refractivity contribution in [1.29, 1.82) is 0 Å². The lowest BCUT2D eigenvalue weighted by atomic mass is 10.3. The quantitative estimate of drug-likeness (QED) is 0.491. The third-order valence-electron chi connectivity index (χ3n) is 1.24. The Morgan fingerprint density at radius 2 is 1.90 bits per heavy atom. The number of nitrogens with zero attached hydrogens (tertiary/aromatic N) is 2. The molecule has 0 amide bonds.